The Kier molecular flexibility index (Phi) is 4.96. The summed E-state index contributed by atoms with van der Waals surface area (Å²) >= 11 is 0. The van der Waals surface area contributed by atoms with Crippen molar-refractivity contribution in [2.75, 3.05) is 58.9 Å². The molecule has 4 N–H and O–H groups in total. The standard InChI is InChI=1S/C16H29N4O/c1-20(2,3)14-5-4-8-19(12-14)9-10-21-16-7-6-13(17)11-15(16)18/h6-7,11,14H,4-5,8-10,12,17-18H2,1-3H3/q+1. The molecule has 0 bridgehead atoms. The van der Waals surface area contributed by atoms with Crippen LogP contribution in [0.4, 0.5) is 11.4 Å². The highest BCUT2D eigenvalue weighted by atomic mass is 16.5. The number of nitrogen functional groups attached to an aromatic ring is 2. The van der Waals surface area contributed by atoms with Crippen LogP contribution in [0.25, 0.3) is 0 Å². The lowest BCUT2D eigenvalue weighted by Crippen LogP contribution is -2.54. The second-order valence-electron chi connectivity index (χ2n) is 6.86. The third-order valence-electron chi connectivity index (χ3n) is 4.28. The molecule has 0 amide bonds. The molecule has 1 aliphatic rings. The van der Waals surface area contributed by atoms with Gasteiger partial charge in [-0.15, -0.1) is 0 Å². The van der Waals surface area contributed by atoms with Gasteiger partial charge in [0, 0.05) is 18.7 Å². The van der Waals surface area contributed by atoms with Gasteiger partial charge in [0.05, 0.1) is 33.4 Å². The van der Waals surface area contributed by atoms with Crippen LogP contribution < -0.4 is 16.2 Å². The molecule has 0 radical (unpaired) electrons. The molecule has 0 saturated carbocycles. The first-order chi connectivity index (χ1) is 9.86. The number of piperidine rings is 1. The predicted molar refractivity (Wildman–Crippen MR) is 88.3 cm³/mol. The van der Waals surface area contributed by atoms with Crippen molar-refractivity contribution in [3.05, 3.63) is 18.2 Å². The summed E-state index contributed by atoms with van der Waals surface area (Å²) in [5.41, 5.74) is 12.9. The molecule has 5 nitrogen and oxygen atoms in total. The van der Waals surface area contributed by atoms with Gasteiger partial charge in [-0.3, -0.25) is 4.90 Å². The average molecular weight is 293 g/mol. The zero-order chi connectivity index (χ0) is 15.5. The molecule has 1 heterocycles. The van der Waals surface area contributed by atoms with Crippen LogP contribution in [-0.4, -0.2) is 62.8 Å². The summed E-state index contributed by atoms with van der Waals surface area (Å²) in [6.07, 6.45) is 2.58. The normalized spacial score (nSPS) is 20.4. The minimum Gasteiger partial charge on any atom is -0.490 e. The molecular weight excluding hydrogens is 264 g/mol. The Morgan fingerprint density at radius 2 is 2.05 bits per heavy atom. The number of likely N-dealkylation sites (tertiary alicyclic amines) is 1. The summed E-state index contributed by atoms with van der Waals surface area (Å²) < 4.78 is 6.82. The number of rotatable bonds is 5. The van der Waals surface area contributed by atoms with E-state index in [1.54, 1.807) is 6.07 Å². The van der Waals surface area contributed by atoms with Crippen molar-refractivity contribution in [2.24, 2.45) is 0 Å². The highest BCUT2D eigenvalue weighted by molar-refractivity contribution is 5.60. The molecule has 1 unspecified atom stereocenters. The highest BCUT2D eigenvalue weighted by Gasteiger charge is 2.29. The lowest BCUT2D eigenvalue weighted by Gasteiger charge is -2.40. The molecule has 21 heavy (non-hydrogen) atoms. The number of nitrogens with two attached hydrogens (primary N) is 2. The van der Waals surface area contributed by atoms with Gasteiger partial charge in [0.2, 0.25) is 0 Å². The highest BCUT2D eigenvalue weighted by Crippen LogP contribution is 2.23. The zero-order valence-corrected chi connectivity index (χ0v) is 13.5. The Hall–Kier alpha value is -1.46. The molecule has 1 aliphatic heterocycles. The first-order valence-corrected chi connectivity index (χ1v) is 7.67. The lowest BCUT2D eigenvalue weighted by molar-refractivity contribution is -0.896. The molecule has 1 aromatic rings. The Balaban J connectivity index is 1.80. The van der Waals surface area contributed by atoms with E-state index in [1.165, 1.54) is 12.8 Å². The summed E-state index contributed by atoms with van der Waals surface area (Å²) in [5.74, 6) is 0.726. The lowest BCUT2D eigenvalue weighted by atomic mass is 10.0. The number of anilines is 2. The first-order valence-electron chi connectivity index (χ1n) is 7.67. The Labute approximate surface area is 128 Å². The van der Waals surface area contributed by atoms with Crippen LogP contribution in [0.1, 0.15) is 12.8 Å². The summed E-state index contributed by atoms with van der Waals surface area (Å²) in [7, 11) is 6.83. The van der Waals surface area contributed by atoms with E-state index in [2.05, 4.69) is 26.0 Å². The zero-order valence-electron chi connectivity index (χ0n) is 13.5. The number of hydrogen-bond acceptors (Lipinski definition) is 4. The number of likely N-dealkylation sites (N-methyl/N-ethyl adjacent to an activating group) is 1. The molecule has 0 aliphatic carbocycles. The molecule has 118 valence electrons. The molecule has 2 rings (SSSR count). The summed E-state index contributed by atoms with van der Waals surface area (Å²) in [6, 6.07) is 6.11. The molecule has 1 fully saturated rings. The monoisotopic (exact) mass is 293 g/mol. The molecule has 5 heteroatoms. The number of ether oxygens (including phenoxy) is 1. The van der Waals surface area contributed by atoms with Gasteiger partial charge in [-0.1, -0.05) is 0 Å². The largest absolute Gasteiger partial charge is 0.490 e. The van der Waals surface area contributed by atoms with Crippen molar-refractivity contribution in [3.8, 4) is 5.75 Å². The Morgan fingerprint density at radius 1 is 1.29 bits per heavy atom. The molecule has 0 aromatic heterocycles. The van der Waals surface area contributed by atoms with Gasteiger partial charge < -0.3 is 20.7 Å². The number of quaternary nitrogens is 1. The van der Waals surface area contributed by atoms with Gasteiger partial charge in [0.1, 0.15) is 18.4 Å². The van der Waals surface area contributed by atoms with Crippen molar-refractivity contribution in [3.63, 3.8) is 0 Å². The number of benzene rings is 1. The van der Waals surface area contributed by atoms with E-state index in [-0.39, 0.29) is 0 Å². The fourth-order valence-electron chi connectivity index (χ4n) is 2.85. The van der Waals surface area contributed by atoms with Crippen LogP contribution in [0, 0.1) is 0 Å². The van der Waals surface area contributed by atoms with E-state index in [0.29, 0.717) is 24.0 Å². The van der Waals surface area contributed by atoms with Crippen LogP contribution in [0.3, 0.4) is 0 Å². The van der Waals surface area contributed by atoms with Crippen LogP contribution in [0.2, 0.25) is 0 Å². The quantitative estimate of drug-likeness (QED) is 0.636. The summed E-state index contributed by atoms with van der Waals surface area (Å²) in [5, 5.41) is 0. The van der Waals surface area contributed by atoms with E-state index >= 15 is 0 Å². The van der Waals surface area contributed by atoms with Crippen molar-refractivity contribution in [1.82, 2.24) is 4.90 Å². The van der Waals surface area contributed by atoms with Crippen molar-refractivity contribution in [1.29, 1.82) is 0 Å². The molecule has 1 aromatic carbocycles. The fourth-order valence-corrected chi connectivity index (χ4v) is 2.85. The van der Waals surface area contributed by atoms with Crippen LogP contribution in [0.15, 0.2) is 18.2 Å². The smallest absolute Gasteiger partial charge is 0.142 e. The first kappa shape index (κ1) is 15.9. The van der Waals surface area contributed by atoms with Crippen LogP contribution in [-0.2, 0) is 0 Å². The van der Waals surface area contributed by atoms with E-state index in [0.717, 1.165) is 29.9 Å². The van der Waals surface area contributed by atoms with Crippen molar-refractivity contribution in [2.45, 2.75) is 18.9 Å². The van der Waals surface area contributed by atoms with Gasteiger partial charge in [-0.05, 0) is 31.2 Å². The van der Waals surface area contributed by atoms with Crippen molar-refractivity contribution < 1.29 is 9.22 Å². The average Bonchev–Trinajstić information content (AvgIpc) is 2.41. The second-order valence-corrected chi connectivity index (χ2v) is 6.86. The van der Waals surface area contributed by atoms with E-state index in [9.17, 15) is 0 Å². The maximum Gasteiger partial charge on any atom is 0.142 e. The molecule has 0 spiro atoms. The Bertz CT molecular complexity index is 470. The van der Waals surface area contributed by atoms with Gasteiger partial charge in [-0.25, -0.2) is 0 Å². The maximum absolute atomic E-state index is 5.90. The van der Waals surface area contributed by atoms with Gasteiger partial charge in [0.25, 0.3) is 0 Å². The van der Waals surface area contributed by atoms with E-state index < -0.39 is 0 Å². The van der Waals surface area contributed by atoms with Crippen molar-refractivity contribution >= 4 is 11.4 Å². The molecule has 1 saturated heterocycles. The van der Waals surface area contributed by atoms with E-state index in [4.69, 9.17) is 16.2 Å². The molecule has 1 atom stereocenters. The number of nitrogens with zero attached hydrogens (tertiary/aromatic N) is 2. The predicted octanol–water partition coefficient (Wildman–Crippen LogP) is 1.40. The van der Waals surface area contributed by atoms with Crippen LogP contribution >= 0.6 is 0 Å². The topological polar surface area (TPSA) is 64.5 Å². The van der Waals surface area contributed by atoms with E-state index in [1.807, 2.05) is 12.1 Å². The SMILES string of the molecule is C[N+](C)(C)C1CCCN(CCOc2ccc(N)cc2N)C1. The van der Waals surface area contributed by atoms with Crippen LogP contribution in [0.5, 0.6) is 5.75 Å². The molecular formula is C16H29N4O+. The minimum absolute atomic E-state index is 0.609. The fraction of sp³-hybridized carbons (Fsp3) is 0.625. The van der Waals surface area contributed by atoms with Gasteiger partial charge >= 0.3 is 0 Å². The second kappa shape index (κ2) is 6.54. The maximum atomic E-state index is 5.90. The summed E-state index contributed by atoms with van der Waals surface area (Å²) in [6.45, 7) is 3.92. The third-order valence-corrected chi connectivity index (χ3v) is 4.28. The number of hydrogen-bond donors (Lipinski definition) is 2. The Morgan fingerprint density at radius 3 is 2.71 bits per heavy atom. The van der Waals surface area contributed by atoms with Gasteiger partial charge in [0.15, 0.2) is 0 Å². The van der Waals surface area contributed by atoms with Gasteiger partial charge in [-0.2, -0.15) is 0 Å². The minimum atomic E-state index is 0.609. The third kappa shape index (κ3) is 4.51. The summed E-state index contributed by atoms with van der Waals surface area (Å²) in [4.78, 5) is 2.49.